The highest BCUT2D eigenvalue weighted by Gasteiger charge is 2.22. The van der Waals surface area contributed by atoms with E-state index in [1.165, 1.54) is 18.2 Å². The molecular formula is C11H12ClFN2O. The van der Waals surface area contributed by atoms with Crippen molar-refractivity contribution in [1.82, 2.24) is 5.32 Å². The topological polar surface area (TPSA) is 41.1 Å². The van der Waals surface area contributed by atoms with Crippen molar-refractivity contribution in [3.63, 3.8) is 0 Å². The number of carbonyl (C=O) groups excluding carboxylic acids is 1. The van der Waals surface area contributed by atoms with Crippen LogP contribution < -0.4 is 10.6 Å². The Morgan fingerprint density at radius 3 is 2.88 bits per heavy atom. The smallest absolute Gasteiger partial charge is 0.239 e. The summed E-state index contributed by atoms with van der Waals surface area (Å²) in [4.78, 5) is 11.4. The summed E-state index contributed by atoms with van der Waals surface area (Å²) in [6.07, 6.45) is 2.12. The molecule has 1 saturated carbocycles. The largest absolute Gasteiger partial charge is 0.375 e. The highest BCUT2D eigenvalue weighted by molar-refractivity contribution is 6.33. The number of halogens is 2. The number of carbonyl (C=O) groups is 1. The standard InChI is InChI=1S/C11H12ClFN2O/c12-9-5-7(13)1-4-10(9)14-6-11(16)15-8-2-3-8/h1,4-5,8,14H,2-3,6H2,(H,15,16). The van der Waals surface area contributed by atoms with Gasteiger partial charge in [0.25, 0.3) is 0 Å². The molecule has 0 radical (unpaired) electrons. The quantitative estimate of drug-likeness (QED) is 0.850. The first-order valence-electron chi connectivity index (χ1n) is 5.13. The molecule has 0 atom stereocenters. The van der Waals surface area contributed by atoms with Crippen LogP contribution in [0.25, 0.3) is 0 Å². The predicted molar refractivity (Wildman–Crippen MR) is 61.1 cm³/mol. The number of benzene rings is 1. The van der Waals surface area contributed by atoms with Gasteiger partial charge >= 0.3 is 0 Å². The van der Waals surface area contributed by atoms with Crippen LogP contribution in [0.15, 0.2) is 18.2 Å². The maximum absolute atomic E-state index is 12.7. The molecule has 0 heterocycles. The lowest BCUT2D eigenvalue weighted by Gasteiger charge is -2.08. The minimum absolute atomic E-state index is 0.0668. The second-order valence-corrected chi connectivity index (χ2v) is 4.23. The number of hydrogen-bond donors (Lipinski definition) is 2. The second kappa shape index (κ2) is 4.70. The van der Waals surface area contributed by atoms with Crippen LogP contribution >= 0.6 is 11.6 Å². The van der Waals surface area contributed by atoms with Gasteiger partial charge in [0.05, 0.1) is 17.3 Å². The van der Waals surface area contributed by atoms with Gasteiger partial charge in [0, 0.05) is 6.04 Å². The van der Waals surface area contributed by atoms with E-state index in [4.69, 9.17) is 11.6 Å². The molecule has 2 rings (SSSR count). The minimum Gasteiger partial charge on any atom is -0.375 e. The summed E-state index contributed by atoms with van der Waals surface area (Å²) in [6.45, 7) is 0.155. The maximum Gasteiger partial charge on any atom is 0.239 e. The lowest BCUT2D eigenvalue weighted by atomic mass is 10.3. The molecule has 0 spiro atoms. The molecule has 0 bridgehead atoms. The van der Waals surface area contributed by atoms with Gasteiger partial charge in [-0.2, -0.15) is 0 Å². The van der Waals surface area contributed by atoms with Crippen LogP contribution in [0.5, 0.6) is 0 Å². The Labute approximate surface area is 98.0 Å². The third-order valence-electron chi connectivity index (χ3n) is 2.31. The van der Waals surface area contributed by atoms with Crippen LogP contribution in [-0.4, -0.2) is 18.5 Å². The fraction of sp³-hybridized carbons (Fsp3) is 0.364. The molecule has 1 fully saturated rings. The average molecular weight is 243 g/mol. The lowest BCUT2D eigenvalue weighted by Crippen LogP contribution is -2.31. The van der Waals surface area contributed by atoms with Crippen LogP contribution in [0.3, 0.4) is 0 Å². The van der Waals surface area contributed by atoms with E-state index in [1.807, 2.05) is 0 Å². The fourth-order valence-corrected chi connectivity index (χ4v) is 1.55. The number of hydrogen-bond acceptors (Lipinski definition) is 2. The summed E-state index contributed by atoms with van der Waals surface area (Å²) in [5, 5.41) is 5.98. The predicted octanol–water partition coefficient (Wildman–Crippen LogP) is 2.17. The van der Waals surface area contributed by atoms with E-state index in [-0.39, 0.29) is 17.5 Å². The first-order chi connectivity index (χ1) is 7.65. The van der Waals surface area contributed by atoms with E-state index < -0.39 is 5.82 Å². The lowest BCUT2D eigenvalue weighted by molar-refractivity contribution is -0.119. The SMILES string of the molecule is O=C(CNc1ccc(F)cc1Cl)NC1CC1. The van der Waals surface area contributed by atoms with Gasteiger partial charge in [0.2, 0.25) is 5.91 Å². The van der Waals surface area contributed by atoms with Crippen molar-refractivity contribution in [2.45, 2.75) is 18.9 Å². The molecule has 16 heavy (non-hydrogen) atoms. The summed E-state index contributed by atoms with van der Waals surface area (Å²) in [5.41, 5.74) is 0.564. The zero-order chi connectivity index (χ0) is 11.5. The molecule has 2 N–H and O–H groups in total. The number of amides is 1. The van der Waals surface area contributed by atoms with E-state index in [0.717, 1.165) is 12.8 Å². The van der Waals surface area contributed by atoms with Gasteiger partial charge in [-0.05, 0) is 31.0 Å². The summed E-state index contributed by atoms with van der Waals surface area (Å²) in [6, 6.07) is 4.37. The van der Waals surface area contributed by atoms with Gasteiger partial charge in [-0.3, -0.25) is 4.79 Å². The van der Waals surface area contributed by atoms with E-state index in [9.17, 15) is 9.18 Å². The summed E-state index contributed by atoms with van der Waals surface area (Å²) in [5.74, 6) is -0.458. The normalized spacial score (nSPS) is 14.6. The van der Waals surface area contributed by atoms with E-state index in [2.05, 4.69) is 10.6 Å². The van der Waals surface area contributed by atoms with Gasteiger partial charge in [-0.15, -0.1) is 0 Å². The molecule has 1 aliphatic rings. The van der Waals surface area contributed by atoms with E-state index >= 15 is 0 Å². The van der Waals surface area contributed by atoms with Crippen molar-refractivity contribution in [3.8, 4) is 0 Å². The third kappa shape index (κ3) is 3.10. The molecule has 1 amide bonds. The van der Waals surface area contributed by atoms with Gasteiger partial charge in [0.15, 0.2) is 0 Å². The maximum atomic E-state index is 12.7. The number of rotatable bonds is 4. The molecule has 1 aromatic rings. The van der Waals surface area contributed by atoms with Gasteiger partial charge in [-0.1, -0.05) is 11.6 Å². The Morgan fingerprint density at radius 2 is 2.25 bits per heavy atom. The van der Waals surface area contributed by atoms with Crippen molar-refractivity contribution in [2.75, 3.05) is 11.9 Å². The van der Waals surface area contributed by atoms with Crippen molar-refractivity contribution in [3.05, 3.63) is 29.0 Å². The molecular weight excluding hydrogens is 231 g/mol. The molecule has 5 heteroatoms. The zero-order valence-corrected chi connectivity index (χ0v) is 9.35. The first kappa shape index (κ1) is 11.2. The van der Waals surface area contributed by atoms with Crippen LogP contribution in [0.2, 0.25) is 5.02 Å². The highest BCUT2D eigenvalue weighted by atomic mass is 35.5. The molecule has 0 unspecified atom stereocenters. The average Bonchev–Trinajstić information content (AvgIpc) is 3.00. The van der Waals surface area contributed by atoms with Crippen molar-refractivity contribution < 1.29 is 9.18 Å². The third-order valence-corrected chi connectivity index (χ3v) is 2.63. The van der Waals surface area contributed by atoms with Crippen molar-refractivity contribution in [1.29, 1.82) is 0 Å². The Bertz CT molecular complexity index is 407. The van der Waals surface area contributed by atoms with Crippen LogP contribution in [0.1, 0.15) is 12.8 Å². The summed E-state index contributed by atoms with van der Waals surface area (Å²) >= 11 is 5.80. The minimum atomic E-state index is -0.391. The molecule has 1 aliphatic carbocycles. The van der Waals surface area contributed by atoms with Gasteiger partial charge in [-0.25, -0.2) is 4.39 Å². The second-order valence-electron chi connectivity index (χ2n) is 3.82. The number of nitrogens with one attached hydrogen (secondary N) is 2. The molecule has 0 saturated heterocycles. The van der Waals surface area contributed by atoms with Crippen LogP contribution in [-0.2, 0) is 4.79 Å². The Morgan fingerprint density at radius 1 is 1.50 bits per heavy atom. The fourth-order valence-electron chi connectivity index (χ4n) is 1.31. The van der Waals surface area contributed by atoms with Gasteiger partial charge in [0.1, 0.15) is 5.82 Å². The van der Waals surface area contributed by atoms with Crippen LogP contribution in [0, 0.1) is 5.82 Å². The molecule has 1 aromatic carbocycles. The van der Waals surface area contributed by atoms with Crippen molar-refractivity contribution >= 4 is 23.2 Å². The number of anilines is 1. The van der Waals surface area contributed by atoms with Crippen LogP contribution in [0.4, 0.5) is 10.1 Å². The molecule has 0 aromatic heterocycles. The monoisotopic (exact) mass is 242 g/mol. The van der Waals surface area contributed by atoms with E-state index in [1.54, 1.807) is 0 Å². The molecule has 3 nitrogen and oxygen atoms in total. The Balaban J connectivity index is 1.85. The molecule has 0 aliphatic heterocycles. The first-order valence-corrected chi connectivity index (χ1v) is 5.51. The zero-order valence-electron chi connectivity index (χ0n) is 8.59. The highest BCUT2D eigenvalue weighted by Crippen LogP contribution is 2.22. The summed E-state index contributed by atoms with van der Waals surface area (Å²) < 4.78 is 12.7. The Kier molecular flexibility index (Phi) is 3.29. The Hall–Kier alpha value is -1.29. The summed E-state index contributed by atoms with van der Waals surface area (Å²) in [7, 11) is 0. The van der Waals surface area contributed by atoms with Gasteiger partial charge < -0.3 is 10.6 Å². The van der Waals surface area contributed by atoms with E-state index in [0.29, 0.717) is 11.7 Å². The molecule has 86 valence electrons. The van der Waals surface area contributed by atoms with Crippen molar-refractivity contribution in [2.24, 2.45) is 0 Å².